The monoisotopic (exact) mass is 454 g/mol. The Hall–Kier alpha value is -1.84. The molecule has 0 saturated carbocycles. The quantitative estimate of drug-likeness (QED) is 0.395. The highest BCUT2D eigenvalue weighted by molar-refractivity contribution is 5.87. The van der Waals surface area contributed by atoms with E-state index in [-0.39, 0.29) is 0 Å². The van der Waals surface area contributed by atoms with Gasteiger partial charge in [0.15, 0.2) is 0 Å². The predicted octanol–water partition coefficient (Wildman–Crippen LogP) is 5.39. The van der Waals surface area contributed by atoms with Crippen molar-refractivity contribution in [3.8, 4) is 0 Å². The van der Waals surface area contributed by atoms with Crippen molar-refractivity contribution >= 4 is 5.97 Å². The van der Waals surface area contributed by atoms with Gasteiger partial charge in [-0.05, 0) is 0 Å². The molecule has 0 heterocycles. The summed E-state index contributed by atoms with van der Waals surface area (Å²) in [5.41, 5.74) is -2.61. The van der Waals surface area contributed by atoms with Crippen LogP contribution in [0.5, 0.6) is 0 Å². The van der Waals surface area contributed by atoms with E-state index in [0.29, 0.717) is 0 Å². The van der Waals surface area contributed by atoms with E-state index in [1.807, 2.05) is 6.58 Å². The molecule has 166 valence electrons. The third-order valence-corrected chi connectivity index (χ3v) is 3.14. The van der Waals surface area contributed by atoms with Crippen molar-refractivity contribution in [2.24, 2.45) is 0 Å². The lowest BCUT2D eigenvalue weighted by Crippen LogP contribution is -2.70. The second-order valence-electron chi connectivity index (χ2n) is 5.16. The largest absolute Gasteiger partial charge is 0.478 e. The van der Waals surface area contributed by atoms with Gasteiger partial charge in [0, 0.05) is 0 Å². The molecule has 1 N–H and O–H groups in total. The first-order chi connectivity index (χ1) is 11.8. The van der Waals surface area contributed by atoms with Crippen LogP contribution >= 0.6 is 0 Å². The number of aliphatic carboxylic acids is 1. The van der Waals surface area contributed by atoms with Crippen molar-refractivity contribution in [3.05, 3.63) is 12.2 Å². The molecule has 0 amide bonds. The van der Waals surface area contributed by atoms with Gasteiger partial charge in [-0.3, -0.25) is 0 Å². The Morgan fingerprint density at radius 2 is 0.964 bits per heavy atom. The fraction of sp³-hybridized carbons (Fsp3) is 0.727. The van der Waals surface area contributed by atoms with E-state index in [9.17, 15) is 70.7 Å². The first-order valence-electron chi connectivity index (χ1n) is 6.07. The average molecular weight is 454 g/mol. The van der Waals surface area contributed by atoms with Crippen LogP contribution in [0, 0.1) is 0 Å². The van der Waals surface area contributed by atoms with Crippen molar-refractivity contribution < 1.29 is 75.8 Å². The lowest BCUT2D eigenvalue weighted by Gasteiger charge is -2.40. The summed E-state index contributed by atoms with van der Waals surface area (Å²) in [7, 11) is 0. The molecule has 2 nitrogen and oxygen atoms in total. The van der Waals surface area contributed by atoms with Gasteiger partial charge in [-0.1, -0.05) is 6.58 Å². The van der Waals surface area contributed by atoms with Gasteiger partial charge in [0.2, 0.25) is 0 Å². The summed E-state index contributed by atoms with van der Waals surface area (Å²) < 4.78 is 192. The summed E-state index contributed by atoms with van der Waals surface area (Å²) in [6.07, 6.45) is -11.6. The number of hydrogen-bond donors (Lipinski definition) is 1. The lowest BCUT2D eigenvalue weighted by molar-refractivity contribution is -0.441. The fourth-order valence-electron chi connectivity index (χ4n) is 1.46. The van der Waals surface area contributed by atoms with Gasteiger partial charge in [0.1, 0.15) is 0 Å². The lowest BCUT2D eigenvalue weighted by atomic mass is 9.90. The van der Waals surface area contributed by atoms with Gasteiger partial charge in [-0.2, -0.15) is 57.1 Å². The maximum atomic E-state index is 13.2. The van der Waals surface area contributed by atoms with Crippen molar-refractivity contribution in [2.45, 2.75) is 48.1 Å². The Morgan fingerprint density at radius 1 is 0.643 bits per heavy atom. The molecule has 0 aliphatic rings. The summed E-state index contributed by atoms with van der Waals surface area (Å²) in [5, 5.41) is 8.10. The average Bonchev–Trinajstić information content (AvgIpc) is 2.42. The molecule has 0 bridgehead atoms. The Morgan fingerprint density at radius 3 is 1.25 bits per heavy atom. The number of alkyl halides is 15. The molecule has 28 heavy (non-hydrogen) atoms. The first-order valence-corrected chi connectivity index (χ1v) is 6.07. The van der Waals surface area contributed by atoms with Gasteiger partial charge in [-0.25, -0.2) is 13.6 Å². The Kier molecular flexibility index (Phi) is 6.17. The molecule has 0 unspecified atom stereocenters. The zero-order valence-electron chi connectivity index (χ0n) is 12.4. The van der Waals surface area contributed by atoms with Gasteiger partial charge in [-0.15, -0.1) is 0 Å². The SMILES string of the molecule is C=C(C(=O)O)C(F)(F)CC(F)(F)C(F)(F)C(F)(F)C(F)(F)C(F)(F)C(F)(F)F. The van der Waals surface area contributed by atoms with E-state index in [1.165, 1.54) is 0 Å². The van der Waals surface area contributed by atoms with Gasteiger partial charge < -0.3 is 5.11 Å². The molecule has 0 aromatic carbocycles. The molecular weight excluding hydrogens is 449 g/mol. The van der Waals surface area contributed by atoms with E-state index in [1.54, 1.807) is 0 Å². The van der Waals surface area contributed by atoms with E-state index in [4.69, 9.17) is 5.11 Å². The number of rotatable bonds is 8. The highest BCUT2D eigenvalue weighted by Crippen LogP contribution is 2.61. The van der Waals surface area contributed by atoms with Crippen LogP contribution in [0.2, 0.25) is 0 Å². The van der Waals surface area contributed by atoms with Gasteiger partial charge >= 0.3 is 41.8 Å². The van der Waals surface area contributed by atoms with E-state index >= 15 is 0 Å². The molecule has 0 aromatic rings. The minimum absolute atomic E-state index is 1.94. The third kappa shape index (κ3) is 3.70. The standard InChI is InChI=1S/C11H5F15O2/c1-3(4(27)28)5(12,13)2-6(14,15)7(16,17)8(18,19)9(20,21)10(22,23)11(24,25)26/h1-2H2,(H,27,28). The number of carboxylic acids is 1. The number of halogens is 15. The normalized spacial score (nSPS) is 15.5. The highest BCUT2D eigenvalue weighted by atomic mass is 19.4. The Balaban J connectivity index is 6.33. The molecule has 0 rings (SSSR count). The van der Waals surface area contributed by atoms with Crippen molar-refractivity contribution in [2.75, 3.05) is 0 Å². The van der Waals surface area contributed by atoms with Gasteiger partial charge in [0.05, 0.1) is 12.0 Å². The zero-order chi connectivity index (χ0) is 23.4. The molecule has 17 heteroatoms. The smallest absolute Gasteiger partial charge is 0.460 e. The second kappa shape index (κ2) is 6.60. The minimum Gasteiger partial charge on any atom is -0.478 e. The third-order valence-electron chi connectivity index (χ3n) is 3.14. The molecule has 0 aromatic heterocycles. The Bertz CT molecular complexity index is 630. The van der Waals surface area contributed by atoms with Crippen LogP contribution in [0.1, 0.15) is 6.42 Å². The van der Waals surface area contributed by atoms with E-state index in [0.717, 1.165) is 0 Å². The van der Waals surface area contributed by atoms with Crippen LogP contribution in [0.4, 0.5) is 65.9 Å². The van der Waals surface area contributed by atoms with Crippen LogP contribution in [-0.2, 0) is 4.79 Å². The summed E-state index contributed by atoms with van der Waals surface area (Å²) in [4.78, 5) is 10.2. The maximum absolute atomic E-state index is 13.2. The number of hydrogen-bond acceptors (Lipinski definition) is 1. The van der Waals surface area contributed by atoms with Gasteiger partial charge in [0.25, 0.3) is 5.92 Å². The predicted molar refractivity (Wildman–Crippen MR) is 57.1 cm³/mol. The van der Waals surface area contributed by atoms with Crippen LogP contribution in [0.3, 0.4) is 0 Å². The molecule has 0 saturated heterocycles. The van der Waals surface area contributed by atoms with Crippen molar-refractivity contribution in [1.82, 2.24) is 0 Å². The van der Waals surface area contributed by atoms with Crippen LogP contribution in [0.25, 0.3) is 0 Å². The summed E-state index contributed by atoms with van der Waals surface area (Å²) in [5.74, 6) is -48.0. The molecule has 0 aliphatic heterocycles. The van der Waals surface area contributed by atoms with Crippen molar-refractivity contribution in [1.29, 1.82) is 0 Å². The second-order valence-corrected chi connectivity index (χ2v) is 5.16. The van der Waals surface area contributed by atoms with Crippen LogP contribution in [-0.4, -0.2) is 52.8 Å². The molecule has 0 spiro atoms. The minimum atomic E-state index is -8.23. The highest BCUT2D eigenvalue weighted by Gasteiger charge is 2.91. The Labute approximate surface area is 143 Å². The number of carbonyl (C=O) groups is 1. The fourth-order valence-corrected chi connectivity index (χ4v) is 1.46. The first kappa shape index (κ1) is 26.2. The number of carboxylic acid groups (broad SMARTS) is 1. The van der Waals surface area contributed by atoms with Crippen molar-refractivity contribution in [3.63, 3.8) is 0 Å². The molecule has 0 fully saturated rings. The zero-order valence-corrected chi connectivity index (χ0v) is 12.4. The molecule has 0 radical (unpaired) electrons. The van der Waals surface area contributed by atoms with E-state index in [2.05, 4.69) is 0 Å². The van der Waals surface area contributed by atoms with Crippen LogP contribution in [0.15, 0.2) is 12.2 Å². The topological polar surface area (TPSA) is 37.3 Å². The maximum Gasteiger partial charge on any atom is 0.460 e. The summed E-state index contributed by atoms with van der Waals surface area (Å²) in [6.45, 7) is 1.94. The summed E-state index contributed by atoms with van der Waals surface area (Å²) in [6, 6.07) is 0. The molecule has 0 atom stereocenters. The summed E-state index contributed by atoms with van der Waals surface area (Å²) >= 11 is 0. The molecule has 0 aliphatic carbocycles. The molecular formula is C11H5F15O2. The van der Waals surface area contributed by atoms with E-state index < -0.39 is 59.7 Å². The van der Waals surface area contributed by atoms with Crippen LogP contribution < -0.4 is 0 Å².